The molecule has 2 aromatic carbocycles. The van der Waals surface area contributed by atoms with Gasteiger partial charge in [-0.1, -0.05) is 36.2 Å². The number of carbonyl (C=O) groups is 3. The van der Waals surface area contributed by atoms with Crippen LogP contribution in [0, 0.1) is 5.82 Å². The van der Waals surface area contributed by atoms with Gasteiger partial charge in [-0.25, -0.2) is 9.18 Å². The number of alkyl halides is 3. The normalized spacial score (nSPS) is 11.1. The third kappa shape index (κ3) is 10.7. The lowest BCUT2D eigenvalue weighted by Crippen LogP contribution is -2.32. The zero-order valence-electron chi connectivity index (χ0n) is 22.3. The number of halogens is 5. The van der Waals surface area contributed by atoms with E-state index in [1.165, 1.54) is 29.2 Å². The van der Waals surface area contributed by atoms with Crippen molar-refractivity contribution in [3.8, 4) is 5.75 Å². The number of pyridine rings is 1. The Kier molecular flexibility index (Phi) is 12.1. The summed E-state index contributed by atoms with van der Waals surface area (Å²) in [5.41, 5.74) is 1.36. The maximum atomic E-state index is 14.4. The van der Waals surface area contributed by atoms with Crippen molar-refractivity contribution in [1.82, 2.24) is 9.88 Å². The number of amides is 1. The predicted octanol–water partition coefficient (Wildman–Crippen LogP) is 6.20. The van der Waals surface area contributed by atoms with Gasteiger partial charge in [-0.2, -0.15) is 13.2 Å². The first-order chi connectivity index (χ1) is 20.0. The smallest absolute Gasteiger partial charge is 0.491 e. The van der Waals surface area contributed by atoms with Gasteiger partial charge in [0.15, 0.2) is 0 Å². The van der Waals surface area contributed by atoms with Crippen LogP contribution in [0.3, 0.4) is 0 Å². The lowest BCUT2D eigenvalue weighted by Gasteiger charge is -2.24. The summed E-state index contributed by atoms with van der Waals surface area (Å²) in [7, 11) is 0. The molecule has 0 saturated heterocycles. The van der Waals surface area contributed by atoms with Gasteiger partial charge in [0, 0.05) is 60.3 Å². The monoisotopic (exact) mass is 609 g/mol. The molecule has 13 heteroatoms. The van der Waals surface area contributed by atoms with Gasteiger partial charge in [-0.15, -0.1) is 0 Å². The fourth-order valence-corrected chi connectivity index (χ4v) is 4.06. The van der Waals surface area contributed by atoms with E-state index < -0.39 is 36.3 Å². The average molecular weight is 610 g/mol. The van der Waals surface area contributed by atoms with Crippen molar-refractivity contribution in [2.75, 3.05) is 25.0 Å². The van der Waals surface area contributed by atoms with E-state index in [1.807, 2.05) is 0 Å². The van der Waals surface area contributed by atoms with Gasteiger partial charge < -0.3 is 19.7 Å². The van der Waals surface area contributed by atoms with Crippen molar-refractivity contribution in [3.05, 3.63) is 89.0 Å². The fraction of sp³-hybridized carbons (Fsp3) is 0.310. The lowest BCUT2D eigenvalue weighted by atomic mass is 10.1. The summed E-state index contributed by atoms with van der Waals surface area (Å²) in [6, 6.07) is 14.2. The van der Waals surface area contributed by atoms with Crippen LogP contribution >= 0.6 is 11.6 Å². The Morgan fingerprint density at radius 1 is 0.976 bits per heavy atom. The number of unbranched alkanes of at least 4 members (excludes halogenated alkanes) is 2. The minimum atomic E-state index is -5.26. The van der Waals surface area contributed by atoms with Crippen LogP contribution < -0.4 is 10.1 Å². The molecule has 1 N–H and O–H groups in total. The number of ether oxygens (including phenoxy) is 2. The standard InChI is InChI=1S/C29H28ClF4N3O5/c30-22-16-21(17-24(18-22)41-15-13-36-23-9-11-35-12-10-23)27(39)37(19-20-6-3-4-7-25(20)31)14-5-1-2-8-26(38)42-28(40)29(32,33)34/h3-4,6-7,9-12,16-18H,1-2,5,8,13-15,19H2,(H,35,36). The first-order valence-electron chi connectivity index (χ1n) is 12.9. The molecule has 3 rings (SSSR count). The number of carbonyl (C=O) groups excluding carboxylic acids is 3. The Labute approximate surface area is 244 Å². The zero-order valence-corrected chi connectivity index (χ0v) is 23.1. The van der Waals surface area contributed by atoms with Crippen LogP contribution in [-0.4, -0.2) is 53.6 Å². The number of aromatic nitrogens is 1. The molecule has 8 nitrogen and oxygen atoms in total. The zero-order chi connectivity index (χ0) is 30.5. The highest BCUT2D eigenvalue weighted by molar-refractivity contribution is 6.31. The fourth-order valence-electron chi connectivity index (χ4n) is 3.83. The van der Waals surface area contributed by atoms with Crippen molar-refractivity contribution < 1.29 is 41.4 Å². The number of hydrogen-bond donors (Lipinski definition) is 1. The molecule has 0 spiro atoms. The van der Waals surface area contributed by atoms with E-state index in [-0.39, 0.29) is 42.3 Å². The summed E-state index contributed by atoms with van der Waals surface area (Å²) < 4.78 is 60.7. The highest BCUT2D eigenvalue weighted by Crippen LogP contribution is 2.24. The second-order valence-corrected chi connectivity index (χ2v) is 9.51. The quantitative estimate of drug-likeness (QED) is 0.101. The lowest BCUT2D eigenvalue weighted by molar-refractivity contribution is -0.201. The Morgan fingerprint density at radius 2 is 1.71 bits per heavy atom. The first-order valence-corrected chi connectivity index (χ1v) is 13.3. The third-order valence-electron chi connectivity index (χ3n) is 5.85. The van der Waals surface area contributed by atoms with Gasteiger partial charge in [0.25, 0.3) is 5.91 Å². The summed E-state index contributed by atoms with van der Waals surface area (Å²) in [4.78, 5) is 41.2. The molecule has 0 saturated carbocycles. The molecule has 0 bridgehead atoms. The molecule has 1 aromatic heterocycles. The van der Waals surface area contributed by atoms with Crippen LogP contribution in [0.15, 0.2) is 67.0 Å². The summed E-state index contributed by atoms with van der Waals surface area (Å²) in [6.45, 7) is 0.817. The molecule has 224 valence electrons. The summed E-state index contributed by atoms with van der Waals surface area (Å²) in [5, 5.41) is 3.43. The van der Waals surface area contributed by atoms with Crippen molar-refractivity contribution in [1.29, 1.82) is 0 Å². The third-order valence-corrected chi connectivity index (χ3v) is 6.07. The van der Waals surface area contributed by atoms with Crippen molar-refractivity contribution >= 4 is 35.1 Å². The summed E-state index contributed by atoms with van der Waals surface area (Å²) >= 11 is 6.26. The number of hydrogen-bond acceptors (Lipinski definition) is 7. The largest absolute Gasteiger partial charge is 0.492 e. The van der Waals surface area contributed by atoms with Gasteiger partial charge in [0.1, 0.15) is 18.2 Å². The molecule has 0 unspecified atom stereocenters. The second kappa shape index (κ2) is 15.7. The molecule has 0 fully saturated rings. The Morgan fingerprint density at radius 3 is 2.43 bits per heavy atom. The number of anilines is 1. The van der Waals surface area contributed by atoms with E-state index in [0.717, 1.165) is 5.69 Å². The van der Waals surface area contributed by atoms with Gasteiger partial charge in [0.2, 0.25) is 0 Å². The Bertz CT molecular complexity index is 1360. The molecule has 0 atom stereocenters. The van der Waals surface area contributed by atoms with Gasteiger partial charge in [-0.3, -0.25) is 14.6 Å². The van der Waals surface area contributed by atoms with Crippen LogP contribution in [0.5, 0.6) is 5.75 Å². The first kappa shape index (κ1) is 32.3. The van der Waals surface area contributed by atoms with Crippen LogP contribution in [0.2, 0.25) is 5.02 Å². The maximum Gasteiger partial charge on any atom is 0.491 e. The second-order valence-electron chi connectivity index (χ2n) is 9.07. The highest BCUT2D eigenvalue weighted by atomic mass is 35.5. The molecule has 1 heterocycles. The van der Waals surface area contributed by atoms with E-state index >= 15 is 0 Å². The van der Waals surface area contributed by atoms with Crippen LogP contribution in [0.25, 0.3) is 0 Å². The molecule has 0 radical (unpaired) electrons. The predicted molar refractivity (Wildman–Crippen MR) is 146 cm³/mol. The Balaban J connectivity index is 1.61. The number of esters is 2. The van der Waals surface area contributed by atoms with E-state index in [0.29, 0.717) is 25.1 Å². The topological polar surface area (TPSA) is 97.8 Å². The minimum absolute atomic E-state index is 0.0633. The van der Waals surface area contributed by atoms with E-state index in [9.17, 15) is 31.9 Å². The van der Waals surface area contributed by atoms with Crippen molar-refractivity contribution in [3.63, 3.8) is 0 Å². The van der Waals surface area contributed by atoms with Crippen molar-refractivity contribution in [2.24, 2.45) is 0 Å². The molecule has 0 aliphatic carbocycles. The van der Waals surface area contributed by atoms with Gasteiger partial charge in [-0.05, 0) is 49.2 Å². The molecule has 0 aliphatic heterocycles. The van der Waals surface area contributed by atoms with Crippen molar-refractivity contribution in [2.45, 2.75) is 38.4 Å². The molecule has 3 aromatic rings. The number of nitrogens with one attached hydrogen (secondary N) is 1. The van der Waals surface area contributed by atoms with Crippen LogP contribution in [0.4, 0.5) is 23.2 Å². The number of nitrogens with zero attached hydrogens (tertiary/aromatic N) is 2. The molecule has 1 amide bonds. The maximum absolute atomic E-state index is 14.4. The summed E-state index contributed by atoms with van der Waals surface area (Å²) in [6.07, 6.45) is -1.58. The van der Waals surface area contributed by atoms with E-state index in [4.69, 9.17) is 16.3 Å². The average Bonchev–Trinajstić information content (AvgIpc) is 2.95. The SMILES string of the molecule is O=C(CCCCCN(Cc1ccccc1F)C(=O)c1cc(Cl)cc(OCCNc2ccncc2)c1)OC(=O)C(F)(F)F. The molecular weight excluding hydrogens is 582 g/mol. The van der Waals surface area contributed by atoms with E-state index in [2.05, 4.69) is 15.0 Å². The Hall–Kier alpha value is -4.19. The van der Waals surface area contributed by atoms with Crippen LogP contribution in [-0.2, 0) is 20.9 Å². The highest BCUT2D eigenvalue weighted by Gasteiger charge is 2.42. The van der Waals surface area contributed by atoms with Gasteiger partial charge in [0.05, 0.1) is 0 Å². The van der Waals surface area contributed by atoms with E-state index in [1.54, 1.807) is 42.7 Å². The summed E-state index contributed by atoms with van der Waals surface area (Å²) in [5.74, 6) is -4.44. The van der Waals surface area contributed by atoms with Gasteiger partial charge >= 0.3 is 18.1 Å². The molecule has 42 heavy (non-hydrogen) atoms. The van der Waals surface area contributed by atoms with Crippen LogP contribution in [0.1, 0.15) is 41.6 Å². The number of benzene rings is 2. The molecule has 0 aliphatic rings. The molecular formula is C29H28ClF4N3O5. The number of rotatable bonds is 14. The minimum Gasteiger partial charge on any atom is -0.492 e.